The Hall–Kier alpha value is -2.53. The van der Waals surface area contributed by atoms with Crippen LogP contribution in [0.3, 0.4) is 0 Å². The Bertz CT molecular complexity index is 491. The summed E-state index contributed by atoms with van der Waals surface area (Å²) < 4.78 is 0. The molecule has 0 radical (unpaired) electrons. The van der Waals surface area contributed by atoms with Crippen molar-refractivity contribution in [2.45, 2.75) is 6.42 Å². The first-order valence-corrected chi connectivity index (χ1v) is 4.81. The summed E-state index contributed by atoms with van der Waals surface area (Å²) in [4.78, 5) is 17.0. The molecule has 1 aromatic heterocycles. The maximum atomic E-state index is 10.7. The van der Waals surface area contributed by atoms with E-state index in [-0.39, 0.29) is 11.4 Å². The van der Waals surface area contributed by atoms with Gasteiger partial charge in [-0.1, -0.05) is 17.3 Å². The zero-order valence-corrected chi connectivity index (χ0v) is 8.95. The number of aromatic carboxylic acids is 1. The molecule has 0 amide bonds. The predicted molar refractivity (Wildman–Crippen MR) is 63.3 cm³/mol. The third kappa shape index (κ3) is 3.84. The lowest BCUT2D eigenvalue weighted by molar-refractivity contribution is 0.0692. The monoisotopic (exact) mass is 233 g/mol. The minimum atomic E-state index is -1.15. The Morgan fingerprint density at radius 2 is 2.47 bits per heavy atom. The molecule has 7 nitrogen and oxygen atoms in total. The highest BCUT2D eigenvalue weighted by Crippen LogP contribution is 2.12. The second kappa shape index (κ2) is 6.14. The molecule has 0 aliphatic carbocycles. The number of aromatic nitrogens is 1. The zero-order valence-electron chi connectivity index (χ0n) is 8.95. The molecule has 0 saturated heterocycles. The van der Waals surface area contributed by atoms with Crippen LogP contribution in [0.4, 0.5) is 5.69 Å². The molecule has 7 heteroatoms. The summed E-state index contributed by atoms with van der Waals surface area (Å²) in [5, 5.41) is 12.1. The minimum Gasteiger partial charge on any atom is -0.476 e. The average molecular weight is 233 g/mol. The summed E-state index contributed by atoms with van der Waals surface area (Å²) in [5.74, 6) is -1.15. The molecule has 0 fully saturated rings. The first kappa shape index (κ1) is 12.5. The van der Waals surface area contributed by atoms with Gasteiger partial charge in [-0.25, -0.2) is 9.78 Å². The van der Waals surface area contributed by atoms with E-state index in [1.54, 1.807) is 12.2 Å². The molecule has 3 N–H and O–H groups in total. The minimum absolute atomic E-state index is 0.120. The Morgan fingerprint density at radius 1 is 1.71 bits per heavy atom. The summed E-state index contributed by atoms with van der Waals surface area (Å²) in [6, 6.07) is 1.53. The molecule has 0 spiro atoms. The first-order chi connectivity index (χ1) is 8.15. The van der Waals surface area contributed by atoms with Crippen LogP contribution in [0.5, 0.6) is 0 Å². The van der Waals surface area contributed by atoms with Crippen LogP contribution in [0.25, 0.3) is 16.5 Å². The third-order valence-electron chi connectivity index (χ3n) is 1.91. The van der Waals surface area contributed by atoms with Crippen molar-refractivity contribution in [3.63, 3.8) is 0 Å². The van der Waals surface area contributed by atoms with Gasteiger partial charge >= 0.3 is 5.97 Å². The lowest BCUT2D eigenvalue weighted by Crippen LogP contribution is -2.05. The van der Waals surface area contributed by atoms with E-state index in [4.69, 9.17) is 16.4 Å². The van der Waals surface area contributed by atoms with Gasteiger partial charge in [0.1, 0.15) is 0 Å². The summed E-state index contributed by atoms with van der Waals surface area (Å²) in [6.45, 7) is 0.378. The second-order valence-corrected chi connectivity index (χ2v) is 3.16. The quantitative estimate of drug-likeness (QED) is 0.349. The summed E-state index contributed by atoms with van der Waals surface area (Å²) in [5.41, 5.74) is 14.3. The van der Waals surface area contributed by atoms with Gasteiger partial charge in [0.15, 0.2) is 5.69 Å². The zero-order chi connectivity index (χ0) is 12.7. The van der Waals surface area contributed by atoms with Crippen molar-refractivity contribution in [3.05, 3.63) is 40.0 Å². The molecular formula is C10H11N5O2. The molecule has 0 saturated carbocycles. The van der Waals surface area contributed by atoms with Gasteiger partial charge in [-0.2, -0.15) is 0 Å². The number of hydrogen-bond acceptors (Lipinski definition) is 4. The van der Waals surface area contributed by atoms with Crippen LogP contribution in [-0.4, -0.2) is 22.6 Å². The number of nitrogen functional groups attached to an aromatic ring is 1. The highest BCUT2D eigenvalue weighted by Gasteiger charge is 2.08. The molecule has 0 aliphatic rings. The van der Waals surface area contributed by atoms with Crippen molar-refractivity contribution in [2.24, 2.45) is 5.11 Å². The summed E-state index contributed by atoms with van der Waals surface area (Å²) in [6.07, 6.45) is 5.56. The van der Waals surface area contributed by atoms with Crippen LogP contribution in [0, 0.1) is 0 Å². The van der Waals surface area contributed by atoms with Gasteiger partial charge in [0, 0.05) is 17.7 Å². The molecule has 1 rings (SSSR count). The number of anilines is 1. The van der Waals surface area contributed by atoms with E-state index in [0.29, 0.717) is 18.5 Å². The molecule has 0 aliphatic heterocycles. The Kier molecular flexibility index (Phi) is 4.53. The van der Waals surface area contributed by atoms with Crippen molar-refractivity contribution in [2.75, 3.05) is 12.3 Å². The highest BCUT2D eigenvalue weighted by molar-refractivity contribution is 5.91. The van der Waals surface area contributed by atoms with Gasteiger partial charge in [0.25, 0.3) is 0 Å². The van der Waals surface area contributed by atoms with Crippen LogP contribution >= 0.6 is 0 Å². The molecule has 88 valence electrons. The smallest absolute Gasteiger partial charge is 0.356 e. The topological polar surface area (TPSA) is 125 Å². The van der Waals surface area contributed by atoms with Gasteiger partial charge in [-0.3, -0.25) is 0 Å². The van der Waals surface area contributed by atoms with E-state index in [9.17, 15) is 4.79 Å². The van der Waals surface area contributed by atoms with Crippen molar-refractivity contribution >= 4 is 17.7 Å². The molecule has 0 bridgehead atoms. The number of azide groups is 1. The maximum absolute atomic E-state index is 10.7. The molecule has 0 unspecified atom stereocenters. The van der Waals surface area contributed by atoms with Gasteiger partial charge in [-0.15, -0.1) is 0 Å². The van der Waals surface area contributed by atoms with E-state index in [1.807, 2.05) is 0 Å². The highest BCUT2D eigenvalue weighted by atomic mass is 16.4. The van der Waals surface area contributed by atoms with Gasteiger partial charge in [0.05, 0.1) is 5.69 Å². The van der Waals surface area contributed by atoms with Crippen LogP contribution in [0.1, 0.15) is 22.5 Å². The fourth-order valence-corrected chi connectivity index (χ4v) is 1.17. The second-order valence-electron chi connectivity index (χ2n) is 3.16. The molecule has 0 atom stereocenters. The van der Waals surface area contributed by atoms with E-state index >= 15 is 0 Å². The lowest BCUT2D eigenvalue weighted by atomic mass is 10.2. The van der Waals surface area contributed by atoms with E-state index < -0.39 is 5.97 Å². The van der Waals surface area contributed by atoms with Crippen molar-refractivity contribution in [1.29, 1.82) is 0 Å². The Labute approximate surface area is 97.2 Å². The van der Waals surface area contributed by atoms with Crippen LogP contribution in [0.15, 0.2) is 23.5 Å². The van der Waals surface area contributed by atoms with Crippen molar-refractivity contribution < 1.29 is 9.90 Å². The van der Waals surface area contributed by atoms with Gasteiger partial charge < -0.3 is 10.8 Å². The summed E-state index contributed by atoms with van der Waals surface area (Å²) in [7, 11) is 0. The number of carboxylic acid groups (broad SMARTS) is 1. The lowest BCUT2D eigenvalue weighted by Gasteiger charge is -2.00. The van der Waals surface area contributed by atoms with Crippen molar-refractivity contribution in [1.82, 2.24) is 4.98 Å². The molecule has 1 aromatic rings. The largest absolute Gasteiger partial charge is 0.476 e. The van der Waals surface area contributed by atoms with Crippen LogP contribution in [0.2, 0.25) is 0 Å². The third-order valence-corrected chi connectivity index (χ3v) is 1.91. The van der Waals surface area contributed by atoms with Crippen LogP contribution < -0.4 is 5.73 Å². The number of rotatable bonds is 5. The normalized spacial score (nSPS) is 10.1. The Balaban J connectivity index is 2.70. The van der Waals surface area contributed by atoms with Crippen LogP contribution in [-0.2, 0) is 0 Å². The van der Waals surface area contributed by atoms with Gasteiger partial charge in [0.2, 0.25) is 0 Å². The van der Waals surface area contributed by atoms with E-state index in [0.717, 1.165) is 0 Å². The molecular weight excluding hydrogens is 222 g/mol. The number of carboxylic acids is 1. The van der Waals surface area contributed by atoms with Crippen molar-refractivity contribution in [3.8, 4) is 0 Å². The molecule has 1 heterocycles. The standard InChI is InChI=1S/C10H11N5O2/c11-8-5-7(3-1-2-4-14-15-12)6-13-9(8)10(16)17/h1,3,5-6H,2,4,11H2,(H,16,17). The average Bonchev–Trinajstić information content (AvgIpc) is 2.28. The number of nitrogens with two attached hydrogens (primary N) is 1. The van der Waals surface area contributed by atoms with E-state index in [2.05, 4.69) is 15.0 Å². The first-order valence-electron chi connectivity index (χ1n) is 4.81. The number of carbonyl (C=O) groups is 1. The fraction of sp³-hybridized carbons (Fsp3) is 0.200. The number of nitrogens with zero attached hydrogens (tertiary/aromatic N) is 4. The fourth-order valence-electron chi connectivity index (χ4n) is 1.17. The van der Waals surface area contributed by atoms with E-state index in [1.165, 1.54) is 12.3 Å². The molecule has 17 heavy (non-hydrogen) atoms. The SMILES string of the molecule is [N-]=[N+]=NCCC=Cc1cnc(C(=O)O)c(N)c1. The Morgan fingerprint density at radius 3 is 3.06 bits per heavy atom. The predicted octanol–water partition coefficient (Wildman–Crippen LogP) is 2.08. The summed E-state index contributed by atoms with van der Waals surface area (Å²) >= 11 is 0. The number of pyridine rings is 1. The van der Waals surface area contributed by atoms with Gasteiger partial charge in [-0.05, 0) is 23.6 Å². The molecule has 0 aromatic carbocycles. The number of hydrogen-bond donors (Lipinski definition) is 2. The maximum Gasteiger partial charge on any atom is 0.356 e.